The zero-order valence-electron chi connectivity index (χ0n) is 15.6. The highest BCUT2D eigenvalue weighted by molar-refractivity contribution is 6.07. The minimum absolute atomic E-state index is 0.106. The molecule has 1 amide bonds. The monoisotopic (exact) mass is 365 g/mol. The molecule has 1 N–H and O–H groups in total. The average molecular weight is 365 g/mol. The van der Waals surface area contributed by atoms with E-state index in [9.17, 15) is 4.79 Å². The van der Waals surface area contributed by atoms with Crippen molar-refractivity contribution in [3.63, 3.8) is 0 Å². The topological polar surface area (TPSA) is 72.3 Å². The summed E-state index contributed by atoms with van der Waals surface area (Å²) in [6.45, 7) is 1.45. The van der Waals surface area contributed by atoms with E-state index in [2.05, 4.69) is 15.3 Å². The first kappa shape index (κ1) is 17.3. The molecule has 3 aromatic rings. The van der Waals surface area contributed by atoms with E-state index in [4.69, 9.17) is 4.74 Å². The van der Waals surface area contributed by atoms with Gasteiger partial charge in [0.15, 0.2) is 0 Å². The molecule has 27 heavy (non-hydrogen) atoms. The number of ether oxygens (including phenoxy) is 1. The molecule has 1 aliphatic rings. The van der Waals surface area contributed by atoms with Gasteiger partial charge in [-0.1, -0.05) is 18.2 Å². The third-order valence-corrected chi connectivity index (χ3v) is 5.11. The number of methoxy groups -OCH3 is 1. The Kier molecular flexibility index (Phi) is 4.66. The molecule has 7 nitrogen and oxygen atoms in total. The molecule has 0 bridgehead atoms. The van der Waals surface area contributed by atoms with Crippen molar-refractivity contribution >= 4 is 22.6 Å². The second-order valence-corrected chi connectivity index (χ2v) is 6.83. The Labute approximate surface area is 158 Å². The van der Waals surface area contributed by atoms with Crippen molar-refractivity contribution in [1.82, 2.24) is 19.4 Å². The summed E-state index contributed by atoms with van der Waals surface area (Å²) < 4.78 is 7.15. The Morgan fingerprint density at radius 3 is 2.78 bits per heavy atom. The molecular weight excluding hydrogens is 342 g/mol. The number of likely N-dealkylation sites (tertiary alicyclic amines) is 1. The molecule has 0 unspecified atom stereocenters. The Bertz CT molecular complexity index is 960. The molecule has 140 valence electrons. The van der Waals surface area contributed by atoms with Crippen molar-refractivity contribution in [2.75, 3.05) is 25.5 Å². The minimum atomic E-state index is 0.106. The Morgan fingerprint density at radius 2 is 2.00 bits per heavy atom. The molecule has 2 aromatic heterocycles. The van der Waals surface area contributed by atoms with Crippen LogP contribution in [0.1, 0.15) is 23.2 Å². The maximum atomic E-state index is 13.0. The van der Waals surface area contributed by atoms with E-state index in [1.54, 1.807) is 13.2 Å². The highest BCUT2D eigenvalue weighted by Gasteiger charge is 2.25. The standard InChI is InChI=1S/C20H23N5O2/c1-24-12-16(15-5-3-4-6-17(15)24)20(26)25-9-7-14(8-10-25)23-18-11-19(27-2)22-13-21-18/h3-6,11-14H,7-10H2,1-2H3,(H,21,22,23). The lowest BCUT2D eigenvalue weighted by atomic mass is 10.0. The van der Waals surface area contributed by atoms with Crippen LogP contribution < -0.4 is 10.1 Å². The number of carbonyl (C=O) groups is 1. The summed E-state index contributed by atoms with van der Waals surface area (Å²) in [5.74, 6) is 1.39. The molecule has 7 heteroatoms. The lowest BCUT2D eigenvalue weighted by Gasteiger charge is -2.32. The number of anilines is 1. The number of aromatic nitrogens is 3. The Balaban J connectivity index is 1.42. The maximum absolute atomic E-state index is 13.0. The Morgan fingerprint density at radius 1 is 1.22 bits per heavy atom. The summed E-state index contributed by atoms with van der Waals surface area (Å²) in [4.78, 5) is 23.2. The number of amides is 1. The first-order valence-electron chi connectivity index (χ1n) is 9.11. The zero-order valence-corrected chi connectivity index (χ0v) is 15.6. The van der Waals surface area contributed by atoms with Crippen LogP contribution in [-0.4, -0.2) is 51.6 Å². The van der Waals surface area contributed by atoms with Gasteiger partial charge in [-0.25, -0.2) is 9.97 Å². The van der Waals surface area contributed by atoms with E-state index in [1.807, 2.05) is 47.0 Å². The van der Waals surface area contributed by atoms with Crippen LogP contribution in [0.5, 0.6) is 5.88 Å². The van der Waals surface area contributed by atoms with Gasteiger partial charge >= 0.3 is 0 Å². The second-order valence-electron chi connectivity index (χ2n) is 6.83. The fraction of sp³-hybridized carbons (Fsp3) is 0.350. The highest BCUT2D eigenvalue weighted by atomic mass is 16.5. The number of para-hydroxylation sites is 1. The number of aryl methyl sites for hydroxylation is 1. The maximum Gasteiger partial charge on any atom is 0.256 e. The molecule has 0 atom stereocenters. The van der Waals surface area contributed by atoms with Gasteiger partial charge in [0.05, 0.1) is 12.7 Å². The third-order valence-electron chi connectivity index (χ3n) is 5.11. The summed E-state index contributed by atoms with van der Waals surface area (Å²) in [5.41, 5.74) is 1.86. The van der Waals surface area contributed by atoms with E-state index < -0.39 is 0 Å². The van der Waals surface area contributed by atoms with Gasteiger partial charge in [-0.2, -0.15) is 0 Å². The summed E-state index contributed by atoms with van der Waals surface area (Å²) in [5, 5.41) is 4.43. The number of hydrogen-bond acceptors (Lipinski definition) is 5. The van der Waals surface area contributed by atoms with Crippen molar-refractivity contribution < 1.29 is 9.53 Å². The van der Waals surface area contributed by atoms with Crippen LogP contribution in [0.2, 0.25) is 0 Å². The molecular formula is C20H23N5O2. The van der Waals surface area contributed by atoms with Crippen LogP contribution >= 0.6 is 0 Å². The lowest BCUT2D eigenvalue weighted by molar-refractivity contribution is 0.0720. The molecule has 4 rings (SSSR count). The zero-order chi connectivity index (χ0) is 18.8. The minimum Gasteiger partial charge on any atom is -0.481 e. The van der Waals surface area contributed by atoms with E-state index in [0.717, 1.165) is 48.2 Å². The fourth-order valence-electron chi connectivity index (χ4n) is 3.65. The predicted octanol–water partition coefficient (Wildman–Crippen LogP) is 2.69. The predicted molar refractivity (Wildman–Crippen MR) is 104 cm³/mol. The van der Waals surface area contributed by atoms with Crippen LogP contribution in [-0.2, 0) is 7.05 Å². The largest absolute Gasteiger partial charge is 0.481 e. The van der Waals surface area contributed by atoms with Crippen LogP contribution in [0.25, 0.3) is 10.9 Å². The molecule has 0 saturated carbocycles. The van der Waals surface area contributed by atoms with Crippen molar-refractivity contribution in [1.29, 1.82) is 0 Å². The number of carbonyl (C=O) groups excluding carboxylic acids is 1. The van der Waals surface area contributed by atoms with Gasteiger partial charge in [-0.05, 0) is 18.9 Å². The molecule has 0 radical (unpaired) electrons. The summed E-state index contributed by atoms with van der Waals surface area (Å²) in [6.07, 6.45) is 5.18. The van der Waals surface area contributed by atoms with Crippen LogP contribution in [0.4, 0.5) is 5.82 Å². The number of benzene rings is 1. The van der Waals surface area contributed by atoms with E-state index >= 15 is 0 Å². The molecule has 0 aliphatic carbocycles. The fourth-order valence-corrected chi connectivity index (χ4v) is 3.65. The quantitative estimate of drug-likeness (QED) is 0.770. The van der Waals surface area contributed by atoms with Gasteiger partial charge in [-0.3, -0.25) is 4.79 Å². The SMILES string of the molecule is COc1cc(NC2CCN(C(=O)c3cn(C)c4ccccc34)CC2)ncn1. The number of nitrogens with zero attached hydrogens (tertiary/aromatic N) is 4. The van der Waals surface area contributed by atoms with Gasteiger partial charge in [0.2, 0.25) is 5.88 Å². The van der Waals surface area contributed by atoms with Gasteiger partial charge in [-0.15, -0.1) is 0 Å². The number of fused-ring (bicyclic) bond motifs is 1. The van der Waals surface area contributed by atoms with Gasteiger partial charge in [0, 0.05) is 49.3 Å². The molecule has 1 saturated heterocycles. The summed E-state index contributed by atoms with van der Waals surface area (Å²) >= 11 is 0. The second kappa shape index (κ2) is 7.26. The van der Waals surface area contributed by atoms with Gasteiger partial charge in [0.25, 0.3) is 5.91 Å². The van der Waals surface area contributed by atoms with Crippen molar-refractivity contribution in [2.45, 2.75) is 18.9 Å². The van der Waals surface area contributed by atoms with E-state index in [1.165, 1.54) is 6.33 Å². The van der Waals surface area contributed by atoms with Gasteiger partial charge in [0.1, 0.15) is 12.1 Å². The molecule has 1 fully saturated rings. The average Bonchev–Trinajstić information content (AvgIpc) is 3.05. The number of piperidine rings is 1. The van der Waals surface area contributed by atoms with Crippen molar-refractivity contribution in [3.05, 3.63) is 48.4 Å². The van der Waals surface area contributed by atoms with E-state index in [-0.39, 0.29) is 11.9 Å². The third kappa shape index (κ3) is 3.45. The van der Waals surface area contributed by atoms with E-state index in [0.29, 0.717) is 5.88 Å². The molecule has 0 spiro atoms. The normalized spacial score (nSPS) is 15.1. The lowest BCUT2D eigenvalue weighted by Crippen LogP contribution is -2.42. The number of hydrogen-bond donors (Lipinski definition) is 1. The molecule has 3 heterocycles. The number of rotatable bonds is 4. The first-order valence-corrected chi connectivity index (χ1v) is 9.11. The molecule has 1 aliphatic heterocycles. The smallest absolute Gasteiger partial charge is 0.256 e. The summed E-state index contributed by atoms with van der Waals surface area (Å²) in [6, 6.07) is 10.1. The highest BCUT2D eigenvalue weighted by Crippen LogP contribution is 2.24. The first-order chi connectivity index (χ1) is 13.2. The molecule has 1 aromatic carbocycles. The van der Waals surface area contributed by atoms with Crippen molar-refractivity contribution in [2.24, 2.45) is 7.05 Å². The summed E-state index contributed by atoms with van der Waals surface area (Å²) in [7, 11) is 3.56. The Hall–Kier alpha value is -3.09. The van der Waals surface area contributed by atoms with Crippen molar-refractivity contribution in [3.8, 4) is 5.88 Å². The number of nitrogens with one attached hydrogen (secondary N) is 1. The van der Waals surface area contributed by atoms with Crippen LogP contribution in [0.3, 0.4) is 0 Å². The van der Waals surface area contributed by atoms with Gasteiger partial charge < -0.3 is 19.5 Å². The van der Waals surface area contributed by atoms with Crippen LogP contribution in [0.15, 0.2) is 42.9 Å². The van der Waals surface area contributed by atoms with Crippen LogP contribution in [0, 0.1) is 0 Å².